The highest BCUT2D eigenvalue weighted by atomic mass is 32.2. The van der Waals surface area contributed by atoms with Gasteiger partial charge in [0.25, 0.3) is 10.0 Å². The number of carbonyl (C=O) groups is 1. The number of carbonyl (C=O) groups excluding carboxylic acids is 1. The number of ether oxygens (including phenoxy) is 1. The number of hydrogen-bond donors (Lipinski definition) is 1. The van der Waals surface area contributed by atoms with Crippen LogP contribution in [-0.4, -0.2) is 41.1 Å². The number of hydrogen-bond acceptors (Lipinski definition) is 5. The summed E-state index contributed by atoms with van der Waals surface area (Å²) < 4.78 is 33.1. The molecule has 4 rings (SSSR count). The number of methoxy groups -OCH3 is 1. The van der Waals surface area contributed by atoms with Gasteiger partial charge in [-0.15, -0.1) is 0 Å². The Labute approximate surface area is 207 Å². The van der Waals surface area contributed by atoms with E-state index in [4.69, 9.17) is 4.74 Å². The van der Waals surface area contributed by atoms with E-state index in [0.717, 1.165) is 23.0 Å². The van der Waals surface area contributed by atoms with Crippen molar-refractivity contribution in [3.8, 4) is 5.75 Å². The quantitative estimate of drug-likeness (QED) is 0.483. The molecule has 0 radical (unpaired) electrons. The van der Waals surface area contributed by atoms with Crippen LogP contribution >= 0.6 is 0 Å². The highest BCUT2D eigenvalue weighted by molar-refractivity contribution is 7.92. The van der Waals surface area contributed by atoms with E-state index in [1.807, 2.05) is 12.1 Å². The molecular weight excluding hydrogens is 462 g/mol. The van der Waals surface area contributed by atoms with Gasteiger partial charge in [0.1, 0.15) is 12.3 Å². The van der Waals surface area contributed by atoms with Gasteiger partial charge < -0.3 is 15.0 Å². The molecule has 8 heteroatoms. The normalized spacial score (nSPS) is 13.8. The zero-order valence-corrected chi connectivity index (χ0v) is 20.7. The van der Waals surface area contributed by atoms with E-state index in [0.29, 0.717) is 18.0 Å². The van der Waals surface area contributed by atoms with E-state index in [1.54, 1.807) is 49.6 Å². The maximum absolute atomic E-state index is 13.4. The highest BCUT2D eigenvalue weighted by Crippen LogP contribution is 2.26. The Hall–Kier alpha value is -3.52. The van der Waals surface area contributed by atoms with Crippen molar-refractivity contribution in [1.29, 1.82) is 0 Å². The highest BCUT2D eigenvalue weighted by Gasteiger charge is 2.27. The summed E-state index contributed by atoms with van der Waals surface area (Å²) in [5.41, 5.74) is 2.54. The van der Waals surface area contributed by atoms with Crippen LogP contribution in [0.25, 0.3) is 0 Å². The molecule has 0 saturated carbocycles. The maximum atomic E-state index is 13.4. The number of amides is 1. The van der Waals surface area contributed by atoms with Gasteiger partial charge in [0.05, 0.1) is 17.7 Å². The van der Waals surface area contributed by atoms with Crippen molar-refractivity contribution in [2.75, 3.05) is 35.9 Å². The second-order valence-electron chi connectivity index (χ2n) is 8.51. The van der Waals surface area contributed by atoms with Crippen LogP contribution in [0.2, 0.25) is 0 Å². The van der Waals surface area contributed by atoms with Gasteiger partial charge in [0, 0.05) is 25.3 Å². The molecule has 0 aromatic heterocycles. The SMILES string of the molecule is COc1ccc(N(CC(=O)NCc2ccc(N3CCCCC3)cc2)S(=O)(=O)c2ccccc2)cc1. The van der Waals surface area contributed by atoms with Gasteiger partial charge >= 0.3 is 0 Å². The number of sulfonamides is 1. The van der Waals surface area contributed by atoms with Gasteiger partial charge in [-0.1, -0.05) is 30.3 Å². The summed E-state index contributed by atoms with van der Waals surface area (Å²) in [6.45, 7) is 2.14. The van der Waals surface area contributed by atoms with Crippen molar-refractivity contribution < 1.29 is 17.9 Å². The summed E-state index contributed by atoms with van der Waals surface area (Å²) >= 11 is 0. The van der Waals surface area contributed by atoms with Crippen LogP contribution in [0.3, 0.4) is 0 Å². The summed E-state index contributed by atoms with van der Waals surface area (Å²) in [5, 5.41) is 2.86. The minimum atomic E-state index is -3.94. The molecule has 1 aliphatic rings. The Morgan fingerprint density at radius 1 is 0.914 bits per heavy atom. The first-order valence-electron chi connectivity index (χ1n) is 11.8. The number of benzene rings is 3. The monoisotopic (exact) mass is 493 g/mol. The topological polar surface area (TPSA) is 79.0 Å². The molecule has 35 heavy (non-hydrogen) atoms. The van der Waals surface area contributed by atoms with Crippen LogP contribution in [0.15, 0.2) is 83.8 Å². The lowest BCUT2D eigenvalue weighted by Gasteiger charge is -2.28. The lowest BCUT2D eigenvalue weighted by atomic mass is 10.1. The summed E-state index contributed by atoms with van der Waals surface area (Å²) in [4.78, 5) is 15.4. The summed E-state index contributed by atoms with van der Waals surface area (Å²) in [6, 6.07) is 22.9. The van der Waals surface area contributed by atoms with Crippen LogP contribution in [0.4, 0.5) is 11.4 Å². The van der Waals surface area contributed by atoms with Crippen LogP contribution < -0.4 is 19.3 Å². The van der Waals surface area contributed by atoms with Gasteiger partial charge in [0.15, 0.2) is 0 Å². The molecule has 1 heterocycles. The summed E-state index contributed by atoms with van der Waals surface area (Å²) in [6.07, 6.45) is 3.72. The number of anilines is 2. The predicted octanol–water partition coefficient (Wildman–Crippen LogP) is 4.20. The van der Waals surface area contributed by atoms with Crippen molar-refractivity contribution in [2.45, 2.75) is 30.7 Å². The number of piperidine rings is 1. The molecule has 1 fully saturated rings. The van der Waals surface area contributed by atoms with Gasteiger partial charge in [-0.3, -0.25) is 9.10 Å². The molecule has 1 N–H and O–H groups in total. The van der Waals surface area contributed by atoms with E-state index in [2.05, 4.69) is 22.3 Å². The van der Waals surface area contributed by atoms with Gasteiger partial charge in [-0.25, -0.2) is 8.42 Å². The van der Waals surface area contributed by atoms with Crippen LogP contribution in [-0.2, 0) is 21.4 Å². The number of nitrogens with zero attached hydrogens (tertiary/aromatic N) is 2. The Morgan fingerprint density at radius 2 is 1.57 bits per heavy atom. The second kappa shape index (κ2) is 11.3. The van der Waals surface area contributed by atoms with Crippen molar-refractivity contribution in [3.05, 3.63) is 84.4 Å². The molecule has 184 valence electrons. The van der Waals surface area contributed by atoms with Crippen molar-refractivity contribution in [3.63, 3.8) is 0 Å². The number of nitrogens with one attached hydrogen (secondary N) is 1. The molecule has 3 aromatic carbocycles. The van der Waals surface area contributed by atoms with Crippen LogP contribution in [0.1, 0.15) is 24.8 Å². The van der Waals surface area contributed by atoms with Crippen LogP contribution in [0, 0.1) is 0 Å². The van der Waals surface area contributed by atoms with Crippen molar-refractivity contribution in [2.24, 2.45) is 0 Å². The van der Waals surface area contributed by atoms with E-state index < -0.39 is 10.0 Å². The zero-order valence-electron chi connectivity index (χ0n) is 19.9. The molecule has 0 aliphatic carbocycles. The lowest BCUT2D eigenvalue weighted by molar-refractivity contribution is -0.119. The molecular formula is C27H31N3O4S. The third kappa shape index (κ3) is 6.14. The fourth-order valence-electron chi connectivity index (χ4n) is 4.15. The minimum absolute atomic E-state index is 0.122. The predicted molar refractivity (Wildman–Crippen MR) is 138 cm³/mol. The zero-order chi connectivity index (χ0) is 24.7. The second-order valence-corrected chi connectivity index (χ2v) is 10.4. The molecule has 1 amide bonds. The fraction of sp³-hybridized carbons (Fsp3) is 0.296. The van der Waals surface area contributed by atoms with Gasteiger partial charge in [-0.05, 0) is 73.4 Å². The third-order valence-corrected chi connectivity index (χ3v) is 7.91. The molecule has 0 atom stereocenters. The largest absolute Gasteiger partial charge is 0.497 e. The average Bonchev–Trinajstić information content (AvgIpc) is 2.92. The van der Waals surface area contributed by atoms with E-state index >= 15 is 0 Å². The molecule has 1 saturated heterocycles. The van der Waals surface area contributed by atoms with E-state index in [-0.39, 0.29) is 17.3 Å². The summed E-state index contributed by atoms with van der Waals surface area (Å²) in [7, 11) is -2.40. The molecule has 0 unspecified atom stereocenters. The first-order chi connectivity index (χ1) is 17.0. The first-order valence-corrected chi connectivity index (χ1v) is 13.2. The van der Waals surface area contributed by atoms with Crippen LogP contribution in [0.5, 0.6) is 5.75 Å². The third-order valence-electron chi connectivity index (χ3n) is 6.13. The lowest BCUT2D eigenvalue weighted by Crippen LogP contribution is -2.40. The molecule has 0 spiro atoms. The van der Waals surface area contributed by atoms with E-state index in [9.17, 15) is 13.2 Å². The van der Waals surface area contributed by atoms with Gasteiger partial charge in [-0.2, -0.15) is 0 Å². The first kappa shape index (κ1) is 24.6. The Balaban J connectivity index is 1.46. The fourth-order valence-corrected chi connectivity index (χ4v) is 5.59. The number of rotatable bonds is 9. The molecule has 1 aliphatic heterocycles. The molecule has 3 aromatic rings. The smallest absolute Gasteiger partial charge is 0.264 e. The van der Waals surface area contributed by atoms with Gasteiger partial charge in [0.2, 0.25) is 5.91 Å². The van der Waals surface area contributed by atoms with E-state index in [1.165, 1.54) is 37.1 Å². The maximum Gasteiger partial charge on any atom is 0.264 e. The Kier molecular flexibility index (Phi) is 7.92. The average molecular weight is 494 g/mol. The molecule has 0 bridgehead atoms. The molecule has 7 nitrogen and oxygen atoms in total. The van der Waals surface area contributed by atoms with Crippen molar-refractivity contribution in [1.82, 2.24) is 5.32 Å². The Bertz CT molecular complexity index is 1210. The summed E-state index contributed by atoms with van der Waals surface area (Å²) in [5.74, 6) is 0.212. The van der Waals surface area contributed by atoms with Crippen molar-refractivity contribution >= 4 is 27.3 Å². The standard InChI is InChI=1S/C27H31N3O4S/c1-34-25-16-14-24(15-17-25)30(35(32,33)26-8-4-2-5-9-26)21-27(31)28-20-22-10-12-23(13-11-22)29-18-6-3-7-19-29/h2,4-5,8-17H,3,6-7,18-21H2,1H3,(H,28,31). The minimum Gasteiger partial charge on any atom is -0.497 e. The Morgan fingerprint density at radius 3 is 2.20 bits per heavy atom.